The Morgan fingerprint density at radius 3 is 2.64 bits per heavy atom. The van der Waals surface area contributed by atoms with Gasteiger partial charge >= 0.3 is 5.97 Å². The van der Waals surface area contributed by atoms with E-state index in [0.717, 1.165) is 5.75 Å². The Labute approximate surface area is 133 Å². The van der Waals surface area contributed by atoms with Crippen molar-refractivity contribution < 1.29 is 19.5 Å². The first-order valence-electron chi connectivity index (χ1n) is 6.91. The molecule has 0 unspecified atom stereocenters. The standard InChI is InChI=1S/C14H20N2O5S/c15-13(11-22-10-12-6-2-1-3-7-12)14(17)20-8-4-5-9-21-16(18)19/h1-3,6-7,13H,4-5,8-11,15H2/t13-/m0/s1. The van der Waals surface area contributed by atoms with Crippen molar-refractivity contribution in [1.82, 2.24) is 0 Å². The second-order valence-electron chi connectivity index (χ2n) is 4.54. The number of benzene rings is 1. The van der Waals surface area contributed by atoms with Crippen LogP contribution in [-0.2, 0) is 20.1 Å². The van der Waals surface area contributed by atoms with Crippen LogP contribution in [-0.4, -0.2) is 36.1 Å². The largest absolute Gasteiger partial charge is 0.465 e. The van der Waals surface area contributed by atoms with Gasteiger partial charge in [0.25, 0.3) is 5.09 Å². The quantitative estimate of drug-likeness (QED) is 0.286. The molecule has 0 aliphatic heterocycles. The van der Waals surface area contributed by atoms with Gasteiger partial charge in [-0.25, -0.2) is 0 Å². The number of nitrogens with zero attached hydrogens (tertiary/aromatic N) is 1. The van der Waals surface area contributed by atoms with E-state index in [9.17, 15) is 14.9 Å². The third kappa shape index (κ3) is 8.48. The van der Waals surface area contributed by atoms with Crippen LogP contribution in [0.25, 0.3) is 0 Å². The highest BCUT2D eigenvalue weighted by Crippen LogP contribution is 2.12. The van der Waals surface area contributed by atoms with Gasteiger partial charge in [0, 0.05) is 11.5 Å². The second-order valence-corrected chi connectivity index (χ2v) is 5.57. The monoisotopic (exact) mass is 328 g/mol. The molecule has 1 atom stereocenters. The van der Waals surface area contributed by atoms with Gasteiger partial charge in [0.15, 0.2) is 0 Å². The summed E-state index contributed by atoms with van der Waals surface area (Å²) >= 11 is 1.57. The molecule has 0 spiro atoms. The van der Waals surface area contributed by atoms with Gasteiger partial charge in [-0.1, -0.05) is 30.3 Å². The minimum absolute atomic E-state index is 0.00350. The fraction of sp³-hybridized carbons (Fsp3) is 0.500. The zero-order valence-electron chi connectivity index (χ0n) is 12.2. The average molecular weight is 328 g/mol. The number of carbonyl (C=O) groups excluding carboxylic acids is 1. The number of thioether (sulfide) groups is 1. The lowest BCUT2D eigenvalue weighted by molar-refractivity contribution is -0.757. The van der Waals surface area contributed by atoms with Crippen LogP contribution in [0.3, 0.4) is 0 Å². The van der Waals surface area contributed by atoms with Crippen molar-refractivity contribution in [3.05, 3.63) is 46.0 Å². The second kappa shape index (κ2) is 10.9. The topological polar surface area (TPSA) is 105 Å². The molecule has 122 valence electrons. The molecule has 0 aliphatic rings. The summed E-state index contributed by atoms with van der Waals surface area (Å²) in [6.45, 7) is 0.195. The lowest BCUT2D eigenvalue weighted by Gasteiger charge is -2.11. The molecular formula is C14H20N2O5S. The van der Waals surface area contributed by atoms with E-state index in [1.807, 2.05) is 30.3 Å². The van der Waals surface area contributed by atoms with Gasteiger partial charge in [0.05, 0.1) is 13.2 Å². The number of carbonyl (C=O) groups is 1. The molecule has 0 aromatic heterocycles. The molecule has 7 nitrogen and oxygen atoms in total. The molecule has 0 radical (unpaired) electrons. The Morgan fingerprint density at radius 1 is 1.27 bits per heavy atom. The fourth-order valence-corrected chi connectivity index (χ4v) is 2.51. The number of rotatable bonds is 11. The number of esters is 1. The lowest BCUT2D eigenvalue weighted by Crippen LogP contribution is -2.34. The Morgan fingerprint density at radius 2 is 1.95 bits per heavy atom. The number of unbranched alkanes of at least 4 members (excludes halogenated alkanes) is 1. The van der Waals surface area contributed by atoms with Crippen LogP contribution in [0.4, 0.5) is 0 Å². The summed E-state index contributed by atoms with van der Waals surface area (Å²) in [5, 5.41) is 9.07. The Bertz CT molecular complexity index is 458. The van der Waals surface area contributed by atoms with Gasteiger partial charge in [-0.2, -0.15) is 11.8 Å². The van der Waals surface area contributed by atoms with Crippen LogP contribution in [0.5, 0.6) is 0 Å². The molecule has 0 fully saturated rings. The molecule has 0 bridgehead atoms. The van der Waals surface area contributed by atoms with Gasteiger partial charge in [-0.15, -0.1) is 10.1 Å². The summed E-state index contributed by atoms with van der Waals surface area (Å²) in [5.41, 5.74) is 6.93. The van der Waals surface area contributed by atoms with Crippen LogP contribution in [0.15, 0.2) is 30.3 Å². The van der Waals surface area contributed by atoms with E-state index in [0.29, 0.717) is 18.6 Å². The SMILES string of the molecule is N[C@@H](CSCc1ccccc1)C(=O)OCCCCO[N+](=O)[O-]. The highest BCUT2D eigenvalue weighted by molar-refractivity contribution is 7.98. The number of ether oxygens (including phenoxy) is 1. The lowest BCUT2D eigenvalue weighted by atomic mass is 10.2. The smallest absolute Gasteiger partial charge is 0.323 e. The zero-order chi connectivity index (χ0) is 16.2. The zero-order valence-corrected chi connectivity index (χ0v) is 13.0. The van der Waals surface area contributed by atoms with Crippen molar-refractivity contribution in [2.75, 3.05) is 19.0 Å². The van der Waals surface area contributed by atoms with Crippen molar-refractivity contribution in [3.63, 3.8) is 0 Å². The van der Waals surface area contributed by atoms with E-state index in [4.69, 9.17) is 10.5 Å². The molecule has 0 heterocycles. The van der Waals surface area contributed by atoms with Gasteiger partial charge in [0.2, 0.25) is 0 Å². The molecule has 1 aromatic rings. The predicted molar refractivity (Wildman–Crippen MR) is 83.7 cm³/mol. The molecular weight excluding hydrogens is 308 g/mol. The van der Waals surface area contributed by atoms with E-state index in [1.165, 1.54) is 5.56 Å². The van der Waals surface area contributed by atoms with E-state index in [1.54, 1.807) is 11.8 Å². The maximum Gasteiger partial charge on any atom is 0.323 e. The highest BCUT2D eigenvalue weighted by Gasteiger charge is 2.14. The molecule has 1 aromatic carbocycles. The predicted octanol–water partition coefficient (Wildman–Crippen LogP) is 1.78. The highest BCUT2D eigenvalue weighted by atomic mass is 32.2. The van der Waals surface area contributed by atoms with Crippen LogP contribution >= 0.6 is 11.8 Å². The van der Waals surface area contributed by atoms with E-state index >= 15 is 0 Å². The Hall–Kier alpha value is -1.80. The molecule has 8 heteroatoms. The summed E-state index contributed by atoms with van der Waals surface area (Å²) in [7, 11) is 0. The van der Waals surface area contributed by atoms with Crippen molar-refractivity contribution in [2.24, 2.45) is 5.73 Å². The fourth-order valence-electron chi connectivity index (χ4n) is 1.57. The van der Waals surface area contributed by atoms with Gasteiger partial charge < -0.3 is 15.3 Å². The Balaban J connectivity index is 2.05. The van der Waals surface area contributed by atoms with Crippen molar-refractivity contribution in [2.45, 2.75) is 24.6 Å². The minimum atomic E-state index is -0.841. The molecule has 0 amide bonds. The first kappa shape index (κ1) is 18.2. The molecule has 2 N–H and O–H groups in total. The van der Waals surface area contributed by atoms with Crippen molar-refractivity contribution in [3.8, 4) is 0 Å². The van der Waals surface area contributed by atoms with Gasteiger partial charge in [0.1, 0.15) is 6.04 Å². The maximum absolute atomic E-state index is 11.6. The number of hydrogen-bond acceptors (Lipinski definition) is 7. The van der Waals surface area contributed by atoms with Crippen molar-refractivity contribution in [1.29, 1.82) is 0 Å². The van der Waals surface area contributed by atoms with Crippen LogP contribution in [0.1, 0.15) is 18.4 Å². The molecule has 0 saturated carbocycles. The van der Waals surface area contributed by atoms with E-state index in [-0.39, 0.29) is 13.2 Å². The summed E-state index contributed by atoms with van der Waals surface area (Å²) in [6, 6.07) is 9.25. The molecule has 22 heavy (non-hydrogen) atoms. The minimum Gasteiger partial charge on any atom is -0.465 e. The van der Waals surface area contributed by atoms with Crippen LogP contribution in [0, 0.1) is 10.1 Å². The van der Waals surface area contributed by atoms with Crippen molar-refractivity contribution >= 4 is 17.7 Å². The maximum atomic E-state index is 11.6. The average Bonchev–Trinajstić information content (AvgIpc) is 2.51. The van der Waals surface area contributed by atoms with Crippen LogP contribution < -0.4 is 5.73 Å². The third-order valence-corrected chi connectivity index (χ3v) is 3.82. The normalized spacial score (nSPS) is 11.7. The summed E-state index contributed by atoms with van der Waals surface area (Å²) in [4.78, 5) is 25.7. The van der Waals surface area contributed by atoms with E-state index < -0.39 is 17.1 Å². The molecule has 0 aliphatic carbocycles. The van der Waals surface area contributed by atoms with E-state index in [2.05, 4.69) is 4.84 Å². The number of nitrogens with two attached hydrogens (primary N) is 1. The first-order valence-corrected chi connectivity index (χ1v) is 8.06. The molecule has 0 saturated heterocycles. The molecule has 1 rings (SSSR count). The van der Waals surface area contributed by atoms with Gasteiger partial charge in [-0.05, 0) is 18.4 Å². The number of hydrogen-bond donors (Lipinski definition) is 1. The summed E-state index contributed by atoms with van der Waals surface area (Å²) in [5.74, 6) is 0.828. The summed E-state index contributed by atoms with van der Waals surface area (Å²) in [6.07, 6.45) is 0.954. The van der Waals surface area contributed by atoms with Crippen LogP contribution in [0.2, 0.25) is 0 Å². The third-order valence-electron chi connectivity index (χ3n) is 2.69. The Kier molecular flexibility index (Phi) is 9.01. The van der Waals surface area contributed by atoms with Gasteiger partial charge in [-0.3, -0.25) is 4.79 Å². The summed E-state index contributed by atoms with van der Waals surface area (Å²) < 4.78 is 5.01. The first-order chi connectivity index (χ1) is 10.6.